The third-order valence-electron chi connectivity index (χ3n) is 7.47. The number of piperidine rings is 1. The minimum Gasteiger partial charge on any atom is -0.385 e. The van der Waals surface area contributed by atoms with E-state index >= 15 is 0 Å². The van der Waals surface area contributed by atoms with Gasteiger partial charge in [0, 0.05) is 63.9 Å². The molecule has 6 nitrogen and oxygen atoms in total. The second-order valence-electron chi connectivity index (χ2n) is 9.01. The molecule has 29 heavy (non-hydrogen) atoms. The van der Waals surface area contributed by atoms with Gasteiger partial charge in [0.25, 0.3) is 0 Å². The van der Waals surface area contributed by atoms with Crippen LogP contribution in [0, 0.1) is 11.3 Å². The highest BCUT2D eigenvalue weighted by atomic mass is 127. The van der Waals surface area contributed by atoms with Crippen molar-refractivity contribution < 1.29 is 14.2 Å². The fraction of sp³-hybridized carbons (Fsp3) is 0.955. The van der Waals surface area contributed by atoms with Gasteiger partial charge in [-0.05, 0) is 45.4 Å². The number of nitrogens with one attached hydrogen (secondary N) is 1. The Kier molecular flexibility index (Phi) is 8.89. The van der Waals surface area contributed by atoms with Gasteiger partial charge in [-0.15, -0.1) is 24.0 Å². The second kappa shape index (κ2) is 11.0. The summed E-state index contributed by atoms with van der Waals surface area (Å²) in [6, 6.07) is 0.552. The van der Waals surface area contributed by atoms with Crippen molar-refractivity contribution >= 4 is 29.9 Å². The number of hydrogen-bond donors (Lipinski definition) is 1. The Labute approximate surface area is 193 Å². The van der Waals surface area contributed by atoms with Gasteiger partial charge < -0.3 is 24.4 Å². The van der Waals surface area contributed by atoms with E-state index in [2.05, 4.69) is 17.1 Å². The summed E-state index contributed by atoms with van der Waals surface area (Å²) < 4.78 is 17.3. The van der Waals surface area contributed by atoms with Crippen LogP contribution in [0.15, 0.2) is 4.99 Å². The summed E-state index contributed by atoms with van der Waals surface area (Å²) in [5.74, 6) is 1.81. The molecular formula is C22H40IN3O3. The zero-order chi connectivity index (χ0) is 19.4. The zero-order valence-electron chi connectivity index (χ0n) is 18.2. The number of likely N-dealkylation sites (tertiary alicyclic amines) is 1. The third-order valence-corrected chi connectivity index (χ3v) is 7.47. The van der Waals surface area contributed by atoms with Crippen molar-refractivity contribution in [2.75, 3.05) is 46.6 Å². The van der Waals surface area contributed by atoms with E-state index in [1.165, 1.54) is 32.1 Å². The quantitative estimate of drug-likeness (QED) is 0.241. The topological polar surface area (TPSA) is 55.3 Å². The predicted octanol–water partition coefficient (Wildman–Crippen LogP) is 3.44. The Morgan fingerprint density at radius 1 is 1.17 bits per heavy atom. The van der Waals surface area contributed by atoms with Gasteiger partial charge in [0.15, 0.2) is 5.96 Å². The number of rotatable bonds is 7. The smallest absolute Gasteiger partial charge is 0.194 e. The molecule has 2 heterocycles. The van der Waals surface area contributed by atoms with Gasteiger partial charge in [0.1, 0.15) is 0 Å². The average molecular weight is 521 g/mol. The highest BCUT2D eigenvalue weighted by molar-refractivity contribution is 14.0. The van der Waals surface area contributed by atoms with E-state index in [0.717, 1.165) is 64.7 Å². The van der Waals surface area contributed by atoms with Crippen molar-refractivity contribution in [3.05, 3.63) is 0 Å². The first-order chi connectivity index (χ1) is 13.8. The van der Waals surface area contributed by atoms with Crippen LogP contribution in [-0.2, 0) is 14.2 Å². The van der Waals surface area contributed by atoms with Crippen molar-refractivity contribution in [1.82, 2.24) is 10.2 Å². The van der Waals surface area contributed by atoms with Crippen molar-refractivity contribution in [3.8, 4) is 0 Å². The molecule has 3 unspecified atom stereocenters. The molecule has 0 radical (unpaired) electrons. The molecule has 7 heteroatoms. The molecule has 4 fully saturated rings. The third kappa shape index (κ3) is 4.88. The first kappa shape index (κ1) is 23.5. The van der Waals surface area contributed by atoms with Gasteiger partial charge in [0.2, 0.25) is 0 Å². The lowest BCUT2D eigenvalue weighted by Crippen LogP contribution is -2.69. The van der Waals surface area contributed by atoms with Crippen LogP contribution in [0.1, 0.15) is 58.3 Å². The van der Waals surface area contributed by atoms with Crippen LogP contribution in [0.25, 0.3) is 0 Å². The Morgan fingerprint density at radius 3 is 2.62 bits per heavy atom. The summed E-state index contributed by atoms with van der Waals surface area (Å²) >= 11 is 0. The van der Waals surface area contributed by atoms with Crippen LogP contribution in [0.2, 0.25) is 0 Å². The van der Waals surface area contributed by atoms with Gasteiger partial charge in [-0.25, -0.2) is 0 Å². The van der Waals surface area contributed by atoms with E-state index in [4.69, 9.17) is 19.2 Å². The van der Waals surface area contributed by atoms with Crippen LogP contribution >= 0.6 is 24.0 Å². The zero-order valence-corrected chi connectivity index (χ0v) is 20.6. The monoisotopic (exact) mass is 521 g/mol. The van der Waals surface area contributed by atoms with E-state index in [-0.39, 0.29) is 24.0 Å². The SMILES string of the molecule is CCN=C(NC1C2CCOC2C12CCCC2)N1CCC(OCCCOC)CC1.I. The molecule has 2 aliphatic carbocycles. The number of ether oxygens (including phenoxy) is 3. The molecule has 168 valence electrons. The van der Waals surface area contributed by atoms with Gasteiger partial charge in [-0.2, -0.15) is 0 Å². The fourth-order valence-electron chi connectivity index (χ4n) is 6.12. The van der Waals surface area contributed by atoms with E-state index < -0.39 is 0 Å². The van der Waals surface area contributed by atoms with Crippen LogP contribution in [0.5, 0.6) is 0 Å². The Bertz CT molecular complexity index is 533. The van der Waals surface area contributed by atoms with E-state index in [0.29, 0.717) is 29.6 Å². The molecule has 4 aliphatic rings. The molecular weight excluding hydrogens is 481 g/mol. The predicted molar refractivity (Wildman–Crippen MR) is 126 cm³/mol. The molecule has 4 rings (SSSR count). The Hall–Kier alpha value is -0.120. The van der Waals surface area contributed by atoms with Gasteiger partial charge in [-0.1, -0.05) is 12.8 Å². The number of methoxy groups -OCH3 is 1. The number of aliphatic imine (C=N–C) groups is 1. The summed E-state index contributed by atoms with van der Waals surface area (Å²) in [7, 11) is 1.75. The van der Waals surface area contributed by atoms with Gasteiger partial charge >= 0.3 is 0 Å². The van der Waals surface area contributed by atoms with Crippen molar-refractivity contribution in [1.29, 1.82) is 0 Å². The lowest BCUT2D eigenvalue weighted by molar-refractivity contribution is -0.125. The summed E-state index contributed by atoms with van der Waals surface area (Å²) in [4.78, 5) is 7.35. The number of hydrogen-bond acceptors (Lipinski definition) is 4. The molecule has 1 spiro atoms. The average Bonchev–Trinajstić information content (AvgIpc) is 3.38. The molecule has 1 N–H and O–H groups in total. The Balaban J connectivity index is 0.00000240. The highest BCUT2D eigenvalue weighted by Gasteiger charge is 2.65. The largest absolute Gasteiger partial charge is 0.385 e. The highest BCUT2D eigenvalue weighted by Crippen LogP contribution is 2.60. The van der Waals surface area contributed by atoms with Crippen molar-refractivity contribution in [3.63, 3.8) is 0 Å². The normalized spacial score (nSPS) is 31.4. The molecule has 2 saturated heterocycles. The molecule has 0 aromatic heterocycles. The number of fused-ring (bicyclic) bond motifs is 2. The molecule has 0 aromatic rings. The van der Waals surface area contributed by atoms with Crippen molar-refractivity contribution in [2.24, 2.45) is 16.3 Å². The Morgan fingerprint density at radius 2 is 1.93 bits per heavy atom. The molecule has 0 bridgehead atoms. The molecule has 3 atom stereocenters. The van der Waals surface area contributed by atoms with Crippen LogP contribution in [-0.4, -0.2) is 75.7 Å². The minimum atomic E-state index is 0. The first-order valence-corrected chi connectivity index (χ1v) is 11.6. The van der Waals surface area contributed by atoms with Crippen molar-refractivity contribution in [2.45, 2.75) is 76.5 Å². The van der Waals surface area contributed by atoms with Gasteiger partial charge in [-0.3, -0.25) is 4.99 Å². The van der Waals surface area contributed by atoms with Gasteiger partial charge in [0.05, 0.1) is 12.2 Å². The summed E-state index contributed by atoms with van der Waals surface area (Å²) in [5, 5.41) is 3.94. The fourth-order valence-corrected chi connectivity index (χ4v) is 6.12. The molecule has 0 aromatic carbocycles. The molecule has 2 saturated carbocycles. The standard InChI is InChI=1S/C22H39N3O3.HI/c1-3-23-21(25-12-7-17(8-13-25)27-15-6-14-26-2)24-19-18-9-16-28-20(18)22(19)10-4-5-11-22;/h17-20H,3-16H2,1-2H3,(H,23,24);1H. The summed E-state index contributed by atoms with van der Waals surface area (Å²) in [6.45, 7) is 7.57. The lowest BCUT2D eigenvalue weighted by atomic mass is 9.54. The lowest BCUT2D eigenvalue weighted by Gasteiger charge is -2.57. The summed E-state index contributed by atoms with van der Waals surface area (Å²) in [5.41, 5.74) is 0.373. The number of nitrogens with zero attached hydrogens (tertiary/aromatic N) is 2. The number of guanidine groups is 1. The second-order valence-corrected chi connectivity index (χ2v) is 9.01. The van der Waals surface area contributed by atoms with E-state index in [1.807, 2.05) is 0 Å². The van der Waals surface area contributed by atoms with Crippen LogP contribution < -0.4 is 5.32 Å². The van der Waals surface area contributed by atoms with E-state index in [9.17, 15) is 0 Å². The summed E-state index contributed by atoms with van der Waals surface area (Å²) in [6.07, 6.45) is 10.6. The maximum atomic E-state index is 6.16. The maximum Gasteiger partial charge on any atom is 0.194 e. The first-order valence-electron chi connectivity index (χ1n) is 11.6. The molecule has 0 amide bonds. The van der Waals surface area contributed by atoms with Crippen LogP contribution in [0.3, 0.4) is 0 Å². The van der Waals surface area contributed by atoms with Crippen LogP contribution in [0.4, 0.5) is 0 Å². The number of halogens is 1. The van der Waals surface area contributed by atoms with E-state index in [1.54, 1.807) is 7.11 Å². The maximum absolute atomic E-state index is 6.16. The molecule has 2 aliphatic heterocycles. The minimum absolute atomic E-state index is 0.